The van der Waals surface area contributed by atoms with E-state index in [1.165, 1.54) is 0 Å². The van der Waals surface area contributed by atoms with Crippen LogP contribution in [0.4, 0.5) is 0 Å². The molecule has 3 aliphatic rings. The molecule has 0 aromatic heterocycles. The van der Waals surface area contributed by atoms with Crippen LogP contribution in [0.25, 0.3) is 0 Å². The molecule has 5 rings (SSSR count). The molecule has 0 spiro atoms. The number of ketones is 2. The van der Waals surface area contributed by atoms with Gasteiger partial charge in [0.15, 0.2) is 11.6 Å². The van der Waals surface area contributed by atoms with Gasteiger partial charge in [-0.05, 0) is 43.4 Å². The van der Waals surface area contributed by atoms with Crippen LogP contribution in [0, 0.1) is 0 Å². The fraction of sp³-hybridized carbons (Fsp3) is 0.345. The predicted molar refractivity (Wildman–Crippen MR) is 141 cm³/mol. The van der Waals surface area contributed by atoms with Crippen molar-refractivity contribution in [3.8, 4) is 5.75 Å². The van der Waals surface area contributed by atoms with Gasteiger partial charge in [0.25, 0.3) is 0 Å². The zero-order valence-electron chi connectivity index (χ0n) is 20.3. The van der Waals surface area contributed by atoms with Gasteiger partial charge in [-0.3, -0.25) is 14.4 Å². The van der Waals surface area contributed by atoms with Crippen molar-refractivity contribution < 1.29 is 24.2 Å². The fourth-order valence-corrected chi connectivity index (χ4v) is 6.25. The summed E-state index contributed by atoms with van der Waals surface area (Å²) in [4.78, 5) is 40.4. The summed E-state index contributed by atoms with van der Waals surface area (Å²) in [7, 11) is 0. The highest BCUT2D eigenvalue weighted by Crippen LogP contribution is 2.52. The second-order valence-electron chi connectivity index (χ2n) is 9.58. The lowest BCUT2D eigenvalue weighted by molar-refractivity contribution is -0.137. The number of ether oxygens (including phenoxy) is 1. The maximum atomic E-state index is 13.5. The van der Waals surface area contributed by atoms with Gasteiger partial charge in [0.2, 0.25) is 0 Å². The quantitative estimate of drug-likeness (QED) is 0.434. The Hall–Kier alpha value is -3.09. The van der Waals surface area contributed by atoms with Crippen LogP contribution in [0.3, 0.4) is 0 Å². The Morgan fingerprint density at radius 3 is 2.16 bits per heavy atom. The van der Waals surface area contributed by atoms with Crippen molar-refractivity contribution in [2.24, 2.45) is 0 Å². The number of carbonyl (C=O) groups is 3. The van der Waals surface area contributed by atoms with Gasteiger partial charge >= 0.3 is 5.97 Å². The van der Waals surface area contributed by atoms with Crippen LogP contribution in [0.2, 0.25) is 10.0 Å². The average Bonchev–Trinajstić information content (AvgIpc) is 2.87. The maximum absolute atomic E-state index is 13.5. The molecule has 0 bridgehead atoms. The standard InChI is InChI=1S/C29H27Cl2NO5/c30-18-14-19(29(20(31)15-18)37-16-17-6-2-1-3-7-17)26-27-21(8-4-10-23(27)33)32(13-12-25(35)36)22-9-5-11-24(34)28(22)26/h1-3,6-7,14-15,26H,4-5,8-13,16H2,(H,35,36). The molecule has 6 nitrogen and oxygen atoms in total. The SMILES string of the molecule is O=C(O)CCN1C2=C(C(=O)CCC2)C(c2cc(Cl)cc(Cl)c2OCc2ccccc2)C2=C1CCCC2=O. The van der Waals surface area contributed by atoms with Gasteiger partial charge in [-0.25, -0.2) is 0 Å². The lowest BCUT2D eigenvalue weighted by atomic mass is 9.70. The molecule has 2 aromatic carbocycles. The Balaban J connectivity index is 1.68. The number of Topliss-reactive ketones (excluding diaryl/α,β-unsaturated/α-hetero) is 2. The minimum Gasteiger partial charge on any atom is -0.487 e. The first-order chi connectivity index (χ1) is 17.8. The van der Waals surface area contributed by atoms with E-state index in [1.807, 2.05) is 35.2 Å². The molecule has 0 saturated carbocycles. The Labute approximate surface area is 225 Å². The van der Waals surface area contributed by atoms with Crippen molar-refractivity contribution in [1.82, 2.24) is 4.90 Å². The minimum atomic E-state index is -0.922. The van der Waals surface area contributed by atoms with Crippen LogP contribution >= 0.6 is 23.2 Å². The van der Waals surface area contributed by atoms with Crippen LogP contribution in [-0.4, -0.2) is 34.1 Å². The summed E-state index contributed by atoms with van der Waals surface area (Å²) in [5.41, 5.74) is 4.23. The molecule has 8 heteroatoms. The minimum absolute atomic E-state index is 0.0402. The number of benzene rings is 2. The van der Waals surface area contributed by atoms with Crippen LogP contribution in [0.1, 0.15) is 62.0 Å². The summed E-state index contributed by atoms with van der Waals surface area (Å²) in [5.74, 6) is -1.26. The molecular weight excluding hydrogens is 513 g/mol. The summed E-state index contributed by atoms with van der Waals surface area (Å²) in [6, 6.07) is 13.0. The molecule has 0 amide bonds. The molecule has 192 valence electrons. The summed E-state index contributed by atoms with van der Waals surface area (Å²) < 4.78 is 6.25. The number of nitrogens with zero attached hydrogens (tertiary/aromatic N) is 1. The van der Waals surface area contributed by atoms with Crippen molar-refractivity contribution in [3.63, 3.8) is 0 Å². The van der Waals surface area contributed by atoms with E-state index >= 15 is 0 Å². The molecule has 0 radical (unpaired) electrons. The summed E-state index contributed by atoms with van der Waals surface area (Å²) in [6.07, 6.45) is 3.28. The first-order valence-electron chi connectivity index (χ1n) is 12.5. The van der Waals surface area contributed by atoms with Gasteiger partial charge in [-0.15, -0.1) is 0 Å². The van der Waals surface area contributed by atoms with E-state index in [1.54, 1.807) is 12.1 Å². The van der Waals surface area contributed by atoms with Gasteiger partial charge < -0.3 is 14.7 Å². The first kappa shape index (κ1) is 25.6. The van der Waals surface area contributed by atoms with E-state index in [0.717, 1.165) is 17.0 Å². The normalized spacial score (nSPS) is 18.2. The molecule has 2 aliphatic carbocycles. The lowest BCUT2D eigenvalue weighted by Gasteiger charge is -2.44. The van der Waals surface area contributed by atoms with Crippen LogP contribution in [-0.2, 0) is 21.0 Å². The maximum Gasteiger partial charge on any atom is 0.305 e. The lowest BCUT2D eigenvalue weighted by Crippen LogP contribution is -2.40. The monoisotopic (exact) mass is 539 g/mol. The van der Waals surface area contributed by atoms with Crippen molar-refractivity contribution in [2.75, 3.05) is 6.54 Å². The zero-order valence-corrected chi connectivity index (χ0v) is 21.8. The Morgan fingerprint density at radius 1 is 0.946 bits per heavy atom. The van der Waals surface area contributed by atoms with Gasteiger partial charge in [-0.1, -0.05) is 53.5 Å². The summed E-state index contributed by atoms with van der Waals surface area (Å²) in [6.45, 7) is 0.473. The van der Waals surface area contributed by atoms with Gasteiger partial charge in [0.05, 0.1) is 11.4 Å². The van der Waals surface area contributed by atoms with Gasteiger partial charge in [0.1, 0.15) is 12.4 Å². The van der Waals surface area contributed by atoms with E-state index in [4.69, 9.17) is 27.9 Å². The van der Waals surface area contributed by atoms with E-state index in [2.05, 4.69) is 0 Å². The predicted octanol–water partition coefficient (Wildman–Crippen LogP) is 6.46. The van der Waals surface area contributed by atoms with Crippen molar-refractivity contribution >= 4 is 40.7 Å². The molecule has 2 aromatic rings. The van der Waals surface area contributed by atoms with Crippen molar-refractivity contribution in [3.05, 3.63) is 86.2 Å². The van der Waals surface area contributed by atoms with E-state index in [0.29, 0.717) is 71.0 Å². The van der Waals surface area contributed by atoms with Crippen LogP contribution in [0.15, 0.2) is 65.0 Å². The van der Waals surface area contributed by atoms with E-state index < -0.39 is 11.9 Å². The molecule has 0 saturated heterocycles. The second kappa shape index (κ2) is 10.7. The Bertz CT molecular complexity index is 1290. The second-order valence-corrected chi connectivity index (χ2v) is 10.4. The molecule has 0 atom stereocenters. The molecule has 1 aliphatic heterocycles. The molecule has 37 heavy (non-hydrogen) atoms. The third kappa shape index (κ3) is 5.05. The highest BCUT2D eigenvalue weighted by atomic mass is 35.5. The average molecular weight is 540 g/mol. The first-order valence-corrected chi connectivity index (χ1v) is 13.3. The number of hydrogen-bond acceptors (Lipinski definition) is 5. The summed E-state index contributed by atoms with van der Waals surface area (Å²) in [5, 5.41) is 10.1. The molecule has 0 fully saturated rings. The summed E-state index contributed by atoms with van der Waals surface area (Å²) >= 11 is 13.1. The number of aliphatic carboxylic acids is 1. The largest absolute Gasteiger partial charge is 0.487 e. The fourth-order valence-electron chi connectivity index (χ4n) is 5.68. The highest BCUT2D eigenvalue weighted by molar-refractivity contribution is 6.35. The van der Waals surface area contributed by atoms with Crippen LogP contribution in [0.5, 0.6) is 5.75 Å². The van der Waals surface area contributed by atoms with E-state index in [9.17, 15) is 19.5 Å². The van der Waals surface area contributed by atoms with Crippen LogP contribution < -0.4 is 4.74 Å². The topological polar surface area (TPSA) is 83.9 Å². The number of allylic oxidation sites excluding steroid dienone is 4. The van der Waals surface area contributed by atoms with E-state index in [-0.39, 0.29) is 31.1 Å². The third-order valence-electron chi connectivity index (χ3n) is 7.21. The number of carboxylic acid groups (broad SMARTS) is 1. The smallest absolute Gasteiger partial charge is 0.305 e. The Morgan fingerprint density at radius 2 is 1.57 bits per heavy atom. The number of halogens is 2. The molecule has 1 N–H and O–H groups in total. The molecule has 0 unspecified atom stereocenters. The third-order valence-corrected chi connectivity index (χ3v) is 7.71. The molecule has 1 heterocycles. The van der Waals surface area contributed by atoms with Crippen molar-refractivity contribution in [1.29, 1.82) is 0 Å². The molecular formula is C29H27Cl2NO5. The van der Waals surface area contributed by atoms with Crippen molar-refractivity contribution in [2.45, 2.75) is 57.5 Å². The number of carbonyl (C=O) groups excluding carboxylic acids is 2. The van der Waals surface area contributed by atoms with Gasteiger partial charge in [0, 0.05) is 58.4 Å². The zero-order chi connectivity index (χ0) is 26.1. The number of carboxylic acids is 1. The van der Waals surface area contributed by atoms with Gasteiger partial charge in [-0.2, -0.15) is 0 Å². The highest BCUT2D eigenvalue weighted by Gasteiger charge is 2.44. The number of rotatable bonds is 7. The Kier molecular flexibility index (Phi) is 7.40. The number of hydrogen-bond donors (Lipinski definition) is 1.